The summed E-state index contributed by atoms with van der Waals surface area (Å²) in [5.74, 6) is 0.468. The fraction of sp³-hybridized carbons (Fsp3) is 0.640. The summed E-state index contributed by atoms with van der Waals surface area (Å²) in [6.07, 6.45) is 10.3. The third-order valence-electron chi connectivity index (χ3n) is 6.50. The van der Waals surface area contributed by atoms with Gasteiger partial charge in [0.25, 0.3) is 0 Å². The second kappa shape index (κ2) is 11.3. The number of hydrogen-bond donors (Lipinski definition) is 1. The van der Waals surface area contributed by atoms with Crippen LogP contribution in [-0.4, -0.2) is 41.5 Å². The fourth-order valence-corrected chi connectivity index (χ4v) is 4.88. The van der Waals surface area contributed by atoms with E-state index >= 15 is 0 Å². The molecule has 1 unspecified atom stereocenters. The van der Waals surface area contributed by atoms with Gasteiger partial charge in [0.2, 0.25) is 0 Å². The lowest BCUT2D eigenvalue weighted by Crippen LogP contribution is -2.40. The molecule has 1 atom stereocenters. The lowest BCUT2D eigenvalue weighted by Gasteiger charge is -2.32. The fourth-order valence-electron chi connectivity index (χ4n) is 4.64. The van der Waals surface area contributed by atoms with Crippen molar-refractivity contribution in [1.29, 1.82) is 0 Å². The molecule has 1 fully saturated rings. The van der Waals surface area contributed by atoms with Gasteiger partial charge in [-0.1, -0.05) is 68.8 Å². The van der Waals surface area contributed by atoms with Gasteiger partial charge in [0.15, 0.2) is 0 Å². The van der Waals surface area contributed by atoms with Gasteiger partial charge in [-0.15, -0.1) is 0 Å². The highest BCUT2D eigenvalue weighted by Crippen LogP contribution is 2.28. The quantitative estimate of drug-likeness (QED) is 0.421. The molecule has 1 heterocycles. The third-order valence-corrected chi connectivity index (χ3v) is 6.83. The van der Waals surface area contributed by atoms with Crippen LogP contribution in [0, 0.1) is 5.92 Å². The Balaban J connectivity index is 1.71. The summed E-state index contributed by atoms with van der Waals surface area (Å²) >= 11 is 6.47. The molecule has 1 aliphatic heterocycles. The number of β-amino-alcohol motifs (C(OH)–C–C–N with tert-alkyl or cyclic N) is 1. The number of rotatable bonds is 7. The SMILES string of the molecule is CCCC(=NC1=C(C)CCN(CC(O)C2CCCCCC2)C1)c1ccccc1Cl. The van der Waals surface area contributed by atoms with E-state index < -0.39 is 0 Å². The Morgan fingerprint density at radius 3 is 2.62 bits per heavy atom. The van der Waals surface area contributed by atoms with E-state index in [-0.39, 0.29) is 6.10 Å². The van der Waals surface area contributed by atoms with Crippen LogP contribution in [0.1, 0.15) is 77.2 Å². The van der Waals surface area contributed by atoms with E-state index in [9.17, 15) is 5.11 Å². The van der Waals surface area contributed by atoms with Crippen LogP contribution < -0.4 is 0 Å². The number of aliphatic hydroxyl groups excluding tert-OH is 1. The average molecular weight is 417 g/mol. The summed E-state index contributed by atoms with van der Waals surface area (Å²) in [4.78, 5) is 7.51. The van der Waals surface area contributed by atoms with Crippen LogP contribution in [0.15, 0.2) is 40.5 Å². The largest absolute Gasteiger partial charge is 0.392 e. The van der Waals surface area contributed by atoms with Crippen molar-refractivity contribution >= 4 is 17.3 Å². The van der Waals surface area contributed by atoms with E-state index in [1.165, 1.54) is 44.1 Å². The first-order valence-corrected chi connectivity index (χ1v) is 11.9. The monoisotopic (exact) mass is 416 g/mol. The van der Waals surface area contributed by atoms with Gasteiger partial charge in [-0.2, -0.15) is 0 Å². The Morgan fingerprint density at radius 2 is 1.93 bits per heavy atom. The number of halogens is 1. The van der Waals surface area contributed by atoms with E-state index in [4.69, 9.17) is 16.6 Å². The molecule has 1 N–H and O–H groups in total. The smallest absolute Gasteiger partial charge is 0.0695 e. The Morgan fingerprint density at radius 1 is 1.21 bits per heavy atom. The highest BCUT2D eigenvalue weighted by Gasteiger charge is 2.25. The molecule has 0 bridgehead atoms. The van der Waals surface area contributed by atoms with Gasteiger partial charge in [-0.05, 0) is 50.2 Å². The maximum atomic E-state index is 10.9. The van der Waals surface area contributed by atoms with Crippen LogP contribution >= 0.6 is 11.6 Å². The molecule has 29 heavy (non-hydrogen) atoms. The van der Waals surface area contributed by atoms with E-state index in [1.807, 2.05) is 18.2 Å². The predicted octanol–water partition coefficient (Wildman–Crippen LogP) is 6.24. The van der Waals surface area contributed by atoms with Crippen molar-refractivity contribution in [2.45, 2.75) is 77.7 Å². The van der Waals surface area contributed by atoms with Crippen LogP contribution in [-0.2, 0) is 0 Å². The maximum Gasteiger partial charge on any atom is 0.0695 e. The third kappa shape index (κ3) is 6.41. The van der Waals surface area contributed by atoms with Gasteiger partial charge < -0.3 is 5.11 Å². The van der Waals surface area contributed by atoms with Gasteiger partial charge in [-0.25, -0.2) is 0 Å². The van der Waals surface area contributed by atoms with Crippen LogP contribution in [0.4, 0.5) is 0 Å². The summed E-state index contributed by atoms with van der Waals surface area (Å²) in [6.45, 7) is 7.00. The normalized spacial score (nSPS) is 21.3. The number of aliphatic imine (C=N–C) groups is 1. The van der Waals surface area contributed by atoms with Gasteiger partial charge in [0.05, 0.1) is 11.8 Å². The second-order valence-corrected chi connectivity index (χ2v) is 9.23. The van der Waals surface area contributed by atoms with Gasteiger partial charge in [0, 0.05) is 35.9 Å². The summed E-state index contributed by atoms with van der Waals surface area (Å²) in [5.41, 5.74) is 4.66. The molecule has 160 valence electrons. The zero-order valence-electron chi connectivity index (χ0n) is 18.2. The van der Waals surface area contributed by atoms with Gasteiger partial charge in [-0.3, -0.25) is 9.89 Å². The molecule has 1 saturated carbocycles. The molecule has 1 aromatic carbocycles. The number of hydrogen-bond acceptors (Lipinski definition) is 3. The van der Waals surface area contributed by atoms with Crippen molar-refractivity contribution in [3.63, 3.8) is 0 Å². The average Bonchev–Trinajstić information content (AvgIpc) is 3.00. The second-order valence-electron chi connectivity index (χ2n) is 8.82. The van der Waals surface area contributed by atoms with Crippen LogP contribution in [0.3, 0.4) is 0 Å². The molecule has 3 nitrogen and oxygen atoms in total. The first kappa shape index (κ1) is 22.5. The Bertz CT molecular complexity index is 719. The Labute approximate surface area is 181 Å². The van der Waals surface area contributed by atoms with E-state index in [0.29, 0.717) is 5.92 Å². The molecule has 4 heteroatoms. The van der Waals surface area contributed by atoms with Crippen LogP contribution in [0.25, 0.3) is 0 Å². The summed E-state index contributed by atoms with van der Waals surface area (Å²) in [7, 11) is 0. The summed E-state index contributed by atoms with van der Waals surface area (Å²) in [6, 6.07) is 8.02. The number of benzene rings is 1. The van der Waals surface area contributed by atoms with E-state index in [1.54, 1.807) is 0 Å². The Kier molecular flexibility index (Phi) is 8.77. The highest BCUT2D eigenvalue weighted by molar-refractivity contribution is 6.34. The maximum absolute atomic E-state index is 10.9. The van der Waals surface area contributed by atoms with E-state index in [2.05, 4.69) is 24.8 Å². The minimum Gasteiger partial charge on any atom is -0.392 e. The van der Waals surface area contributed by atoms with Crippen molar-refractivity contribution in [1.82, 2.24) is 4.90 Å². The van der Waals surface area contributed by atoms with Gasteiger partial charge in [0.1, 0.15) is 0 Å². The molecule has 0 radical (unpaired) electrons. The van der Waals surface area contributed by atoms with Crippen molar-refractivity contribution < 1.29 is 5.11 Å². The predicted molar refractivity (Wildman–Crippen MR) is 124 cm³/mol. The first-order chi connectivity index (χ1) is 14.1. The minimum absolute atomic E-state index is 0.213. The molecule has 0 amide bonds. The lowest BCUT2D eigenvalue weighted by atomic mass is 9.93. The molecule has 1 aromatic rings. The molecular formula is C25H37ClN2O. The lowest BCUT2D eigenvalue weighted by molar-refractivity contribution is 0.0584. The molecule has 1 aliphatic carbocycles. The van der Waals surface area contributed by atoms with Crippen LogP contribution in [0.5, 0.6) is 0 Å². The number of aliphatic hydroxyl groups is 1. The topological polar surface area (TPSA) is 35.8 Å². The standard InChI is InChI=1S/C25H37ClN2O/c1-3-10-23(21-13-8-9-14-22(21)26)27-24-17-28(16-15-19(24)2)18-25(29)20-11-6-4-5-7-12-20/h8-9,13-14,20,25,29H,3-7,10-12,15-18H2,1-2H3. The van der Waals surface area contributed by atoms with E-state index in [0.717, 1.165) is 60.9 Å². The minimum atomic E-state index is -0.213. The van der Waals surface area contributed by atoms with Crippen molar-refractivity contribution in [3.05, 3.63) is 46.1 Å². The molecular weight excluding hydrogens is 380 g/mol. The van der Waals surface area contributed by atoms with Crippen molar-refractivity contribution in [2.24, 2.45) is 10.9 Å². The highest BCUT2D eigenvalue weighted by atomic mass is 35.5. The van der Waals surface area contributed by atoms with Gasteiger partial charge >= 0.3 is 0 Å². The Hall–Kier alpha value is -1.16. The summed E-state index contributed by atoms with van der Waals surface area (Å²) < 4.78 is 0. The molecule has 2 aliphatic rings. The molecule has 0 spiro atoms. The zero-order valence-corrected chi connectivity index (χ0v) is 18.9. The van der Waals surface area contributed by atoms with Crippen molar-refractivity contribution in [3.8, 4) is 0 Å². The molecule has 0 aromatic heterocycles. The zero-order chi connectivity index (χ0) is 20.6. The van der Waals surface area contributed by atoms with Crippen molar-refractivity contribution in [2.75, 3.05) is 19.6 Å². The first-order valence-electron chi connectivity index (χ1n) is 11.5. The molecule has 0 saturated heterocycles. The summed E-state index contributed by atoms with van der Waals surface area (Å²) in [5, 5.41) is 11.6. The molecule has 3 rings (SSSR count). The number of nitrogens with zero attached hydrogens (tertiary/aromatic N) is 2. The van der Waals surface area contributed by atoms with Crippen LogP contribution in [0.2, 0.25) is 5.02 Å².